The summed E-state index contributed by atoms with van der Waals surface area (Å²) in [6.07, 6.45) is 15.5. The van der Waals surface area contributed by atoms with Crippen LogP contribution in [0.1, 0.15) is 50.6 Å². The second-order valence-electron chi connectivity index (χ2n) is 6.68. The van der Waals surface area contributed by atoms with Gasteiger partial charge in [0.05, 0.1) is 36.0 Å². The fourth-order valence-corrected chi connectivity index (χ4v) is 3.20. The van der Waals surface area contributed by atoms with Gasteiger partial charge in [0.15, 0.2) is 0 Å². The lowest BCUT2D eigenvalue weighted by molar-refractivity contribution is 0.414. The minimum atomic E-state index is 0.678. The van der Waals surface area contributed by atoms with E-state index in [-0.39, 0.29) is 0 Å². The highest BCUT2D eigenvalue weighted by Gasteiger charge is 2.11. The normalized spacial score (nSPS) is 14.5. The van der Waals surface area contributed by atoms with Crippen LogP contribution in [-0.2, 0) is 0 Å². The van der Waals surface area contributed by atoms with Gasteiger partial charge in [-0.2, -0.15) is 5.26 Å². The van der Waals surface area contributed by atoms with E-state index in [4.69, 9.17) is 15.0 Å². The molecule has 0 unspecified atom stereocenters. The summed E-state index contributed by atoms with van der Waals surface area (Å²) in [4.78, 5) is 11.3. The number of aliphatic imine (C=N–C) groups is 1. The summed E-state index contributed by atoms with van der Waals surface area (Å²) in [7, 11) is 1.68. The van der Waals surface area contributed by atoms with Gasteiger partial charge in [-0.15, -0.1) is 0 Å². The smallest absolute Gasteiger partial charge is 0.144 e. The number of nitriles is 1. The first kappa shape index (κ1) is 18.8. The fourth-order valence-electron chi connectivity index (χ4n) is 3.20. The van der Waals surface area contributed by atoms with E-state index < -0.39 is 0 Å². The molecule has 5 nitrogen and oxygen atoms in total. The maximum atomic E-state index is 8.54. The van der Waals surface area contributed by atoms with Crippen molar-refractivity contribution in [1.82, 2.24) is 9.97 Å². The Morgan fingerprint density at radius 1 is 1.15 bits per heavy atom. The number of H-pyrrole nitrogens is 2. The summed E-state index contributed by atoms with van der Waals surface area (Å²) in [6, 6.07) is 8.19. The third-order valence-electron chi connectivity index (χ3n) is 4.65. The molecule has 3 rings (SSSR count). The highest BCUT2D eigenvalue weighted by molar-refractivity contribution is 5.99. The SMILES string of the molecule is COc1cc(-c2ccc[nH]2)[nH]c1/C=C1/C=CC(CCCCCCCC#N)=N1. The van der Waals surface area contributed by atoms with Crippen molar-refractivity contribution in [3.05, 3.63) is 47.9 Å². The molecule has 0 saturated carbocycles. The van der Waals surface area contributed by atoms with Crippen LogP contribution in [0.4, 0.5) is 0 Å². The number of aromatic amines is 2. The standard InChI is InChI=1S/C22H26N4O/c1-27-22-16-20(19-10-8-14-24-19)26-21(22)15-18-12-11-17(25-18)9-6-4-2-3-5-7-13-23/h8,10-12,14-16,24,26H,2-7,9H2,1H3/b18-15-. The van der Waals surface area contributed by atoms with Gasteiger partial charge in [-0.05, 0) is 49.6 Å². The summed E-state index contributed by atoms with van der Waals surface area (Å²) in [5, 5.41) is 8.54. The number of ether oxygens (including phenoxy) is 1. The van der Waals surface area contributed by atoms with E-state index in [9.17, 15) is 0 Å². The number of nitrogens with zero attached hydrogens (tertiary/aromatic N) is 2. The van der Waals surface area contributed by atoms with Crippen molar-refractivity contribution < 1.29 is 4.74 Å². The van der Waals surface area contributed by atoms with E-state index in [1.54, 1.807) is 7.11 Å². The number of hydrogen-bond donors (Lipinski definition) is 2. The molecule has 2 aromatic rings. The lowest BCUT2D eigenvalue weighted by atomic mass is 10.1. The Kier molecular flexibility index (Phi) is 6.70. The van der Waals surface area contributed by atoms with Gasteiger partial charge >= 0.3 is 0 Å². The lowest BCUT2D eigenvalue weighted by Crippen LogP contribution is -1.90. The van der Waals surface area contributed by atoms with Gasteiger partial charge in [-0.3, -0.25) is 4.99 Å². The van der Waals surface area contributed by atoms with E-state index in [0.717, 1.165) is 59.9 Å². The number of unbranched alkanes of at least 4 members (excludes halogenated alkanes) is 5. The molecule has 0 aliphatic carbocycles. The molecule has 1 aliphatic heterocycles. The van der Waals surface area contributed by atoms with Gasteiger partial charge in [0, 0.05) is 24.4 Å². The monoisotopic (exact) mass is 362 g/mol. The largest absolute Gasteiger partial charge is 0.494 e. The van der Waals surface area contributed by atoms with Crippen molar-refractivity contribution in [3.63, 3.8) is 0 Å². The minimum Gasteiger partial charge on any atom is -0.494 e. The summed E-state index contributed by atoms with van der Waals surface area (Å²) in [5.74, 6) is 0.807. The molecule has 27 heavy (non-hydrogen) atoms. The van der Waals surface area contributed by atoms with Crippen molar-refractivity contribution in [1.29, 1.82) is 5.26 Å². The second-order valence-corrected chi connectivity index (χ2v) is 6.68. The molecule has 0 bridgehead atoms. The lowest BCUT2D eigenvalue weighted by Gasteiger charge is -2.00. The van der Waals surface area contributed by atoms with Gasteiger partial charge in [0.1, 0.15) is 5.75 Å². The Bertz CT molecular complexity index is 863. The molecule has 2 aromatic heterocycles. The molecule has 0 saturated heterocycles. The molecule has 5 heteroatoms. The Balaban J connectivity index is 1.56. The van der Waals surface area contributed by atoms with Crippen LogP contribution in [0.5, 0.6) is 5.75 Å². The van der Waals surface area contributed by atoms with Crippen LogP contribution < -0.4 is 4.74 Å². The van der Waals surface area contributed by atoms with E-state index in [0.29, 0.717) is 6.42 Å². The third-order valence-corrected chi connectivity index (χ3v) is 4.65. The second kappa shape index (κ2) is 9.63. The van der Waals surface area contributed by atoms with Crippen LogP contribution in [0, 0.1) is 11.3 Å². The van der Waals surface area contributed by atoms with Crippen LogP contribution in [0.3, 0.4) is 0 Å². The Morgan fingerprint density at radius 3 is 2.78 bits per heavy atom. The summed E-state index contributed by atoms with van der Waals surface area (Å²) >= 11 is 0. The number of nitrogens with one attached hydrogen (secondary N) is 2. The van der Waals surface area contributed by atoms with Crippen molar-refractivity contribution in [2.75, 3.05) is 7.11 Å². The molecule has 140 valence electrons. The first-order valence-electron chi connectivity index (χ1n) is 9.55. The topological polar surface area (TPSA) is 77.0 Å². The molecular weight excluding hydrogens is 336 g/mol. The average molecular weight is 362 g/mol. The highest BCUT2D eigenvalue weighted by Crippen LogP contribution is 2.29. The van der Waals surface area contributed by atoms with Crippen LogP contribution in [0.25, 0.3) is 17.5 Å². The summed E-state index contributed by atoms with van der Waals surface area (Å²) < 4.78 is 5.50. The first-order valence-corrected chi connectivity index (χ1v) is 9.55. The molecule has 2 N–H and O–H groups in total. The quantitative estimate of drug-likeness (QED) is 0.538. The summed E-state index contributed by atoms with van der Waals surface area (Å²) in [5.41, 5.74) is 5.01. The Hall–Kier alpha value is -3.00. The number of methoxy groups -OCH3 is 1. The van der Waals surface area contributed by atoms with E-state index in [1.165, 1.54) is 12.8 Å². The van der Waals surface area contributed by atoms with Gasteiger partial charge in [-0.25, -0.2) is 0 Å². The molecule has 0 fully saturated rings. The zero-order chi connectivity index (χ0) is 18.9. The predicted molar refractivity (Wildman–Crippen MR) is 110 cm³/mol. The fraction of sp³-hybridized carbons (Fsp3) is 0.364. The molecule has 0 radical (unpaired) electrons. The zero-order valence-electron chi connectivity index (χ0n) is 15.8. The highest BCUT2D eigenvalue weighted by atomic mass is 16.5. The van der Waals surface area contributed by atoms with Crippen LogP contribution in [-0.4, -0.2) is 22.8 Å². The average Bonchev–Trinajstić information content (AvgIpc) is 3.42. The zero-order valence-corrected chi connectivity index (χ0v) is 15.8. The van der Waals surface area contributed by atoms with E-state index in [2.05, 4.69) is 28.2 Å². The molecular formula is C22H26N4O. The molecule has 0 spiro atoms. The van der Waals surface area contributed by atoms with E-state index in [1.807, 2.05) is 30.5 Å². The van der Waals surface area contributed by atoms with Crippen LogP contribution >= 0.6 is 0 Å². The van der Waals surface area contributed by atoms with Crippen molar-refractivity contribution in [2.45, 2.75) is 44.9 Å². The molecule has 3 heterocycles. The molecule has 0 amide bonds. The van der Waals surface area contributed by atoms with Crippen LogP contribution in [0.2, 0.25) is 0 Å². The Morgan fingerprint density at radius 2 is 2.00 bits per heavy atom. The number of hydrogen-bond acceptors (Lipinski definition) is 3. The number of rotatable bonds is 10. The van der Waals surface area contributed by atoms with Gasteiger partial charge in [-0.1, -0.05) is 19.3 Å². The van der Waals surface area contributed by atoms with Gasteiger partial charge < -0.3 is 14.7 Å². The number of aromatic nitrogens is 2. The van der Waals surface area contributed by atoms with Crippen LogP contribution in [0.15, 0.2) is 47.2 Å². The third kappa shape index (κ3) is 5.24. The maximum Gasteiger partial charge on any atom is 0.144 e. The molecule has 0 atom stereocenters. The van der Waals surface area contributed by atoms with Gasteiger partial charge in [0.25, 0.3) is 0 Å². The van der Waals surface area contributed by atoms with Gasteiger partial charge in [0.2, 0.25) is 0 Å². The maximum absolute atomic E-state index is 8.54. The molecule has 0 aromatic carbocycles. The first-order chi connectivity index (χ1) is 13.3. The minimum absolute atomic E-state index is 0.678. The summed E-state index contributed by atoms with van der Waals surface area (Å²) in [6.45, 7) is 0. The van der Waals surface area contributed by atoms with E-state index >= 15 is 0 Å². The predicted octanol–water partition coefficient (Wildman–Crippen LogP) is 5.62. The van der Waals surface area contributed by atoms with Crippen molar-refractivity contribution in [3.8, 4) is 23.2 Å². The van der Waals surface area contributed by atoms with Crippen molar-refractivity contribution >= 4 is 11.8 Å². The Labute approximate surface area is 160 Å². The molecule has 1 aliphatic rings. The van der Waals surface area contributed by atoms with Crippen molar-refractivity contribution in [2.24, 2.45) is 4.99 Å². The number of allylic oxidation sites excluding steroid dienone is 2.